The number of aryl methyl sites for hydroxylation is 1. The molecule has 0 radical (unpaired) electrons. The Kier molecular flexibility index (Phi) is 4.74. The van der Waals surface area contributed by atoms with Crippen LogP contribution in [0.3, 0.4) is 0 Å². The molecule has 86 valence electrons. The third kappa shape index (κ3) is 3.62. The highest BCUT2D eigenvalue weighted by molar-refractivity contribution is 5.15. The number of aliphatic hydroxyl groups excluding tert-OH is 1. The Bertz CT molecular complexity index is 299. The maximum Gasteiger partial charge on any atom is 0.0897 e. The molecular formula is C10H19N3O2. The van der Waals surface area contributed by atoms with Gasteiger partial charge in [-0.15, -0.1) is 0 Å². The second-order valence-electron chi connectivity index (χ2n) is 3.62. The molecule has 0 aromatic carbocycles. The third-order valence-corrected chi connectivity index (χ3v) is 2.39. The van der Waals surface area contributed by atoms with Crippen LogP contribution >= 0.6 is 0 Å². The quantitative estimate of drug-likeness (QED) is 0.688. The maximum atomic E-state index is 9.39. The van der Waals surface area contributed by atoms with E-state index < -0.39 is 6.10 Å². The second kappa shape index (κ2) is 5.85. The summed E-state index contributed by atoms with van der Waals surface area (Å²) in [5, 5.41) is 16.7. The van der Waals surface area contributed by atoms with Gasteiger partial charge in [-0.1, -0.05) is 0 Å². The molecule has 1 heterocycles. The van der Waals surface area contributed by atoms with Crippen molar-refractivity contribution in [3.63, 3.8) is 0 Å². The molecular weight excluding hydrogens is 194 g/mol. The number of nitrogens with one attached hydrogen (secondary N) is 1. The summed E-state index contributed by atoms with van der Waals surface area (Å²) < 4.78 is 6.66. The van der Waals surface area contributed by atoms with Gasteiger partial charge in [0.05, 0.1) is 18.9 Å². The number of aromatic nitrogens is 2. The van der Waals surface area contributed by atoms with Crippen LogP contribution < -0.4 is 5.32 Å². The first-order valence-electron chi connectivity index (χ1n) is 5.00. The van der Waals surface area contributed by atoms with Gasteiger partial charge in [-0.05, 0) is 6.92 Å². The molecule has 0 saturated heterocycles. The number of nitrogens with zero attached hydrogens (tertiary/aromatic N) is 2. The van der Waals surface area contributed by atoms with Crippen LogP contribution in [0.2, 0.25) is 0 Å². The first-order valence-corrected chi connectivity index (χ1v) is 5.00. The van der Waals surface area contributed by atoms with Gasteiger partial charge in [-0.3, -0.25) is 4.68 Å². The first kappa shape index (κ1) is 12.2. The minimum absolute atomic E-state index is 0.360. The summed E-state index contributed by atoms with van der Waals surface area (Å²) in [7, 11) is 3.49. The molecule has 2 N–H and O–H groups in total. The van der Waals surface area contributed by atoms with Crippen molar-refractivity contribution in [2.75, 3.05) is 20.3 Å². The normalized spacial score (nSPS) is 13.1. The number of methoxy groups -OCH3 is 1. The topological polar surface area (TPSA) is 59.3 Å². The van der Waals surface area contributed by atoms with Gasteiger partial charge in [0.15, 0.2) is 0 Å². The Morgan fingerprint density at radius 1 is 1.67 bits per heavy atom. The van der Waals surface area contributed by atoms with Crippen LogP contribution in [0.4, 0.5) is 0 Å². The molecule has 0 aliphatic rings. The van der Waals surface area contributed by atoms with Crippen LogP contribution in [0.1, 0.15) is 11.3 Å². The number of hydrogen-bond acceptors (Lipinski definition) is 4. The van der Waals surface area contributed by atoms with Crippen LogP contribution in [-0.2, 0) is 18.3 Å². The molecule has 0 amide bonds. The molecule has 0 bridgehead atoms. The summed E-state index contributed by atoms with van der Waals surface area (Å²) in [6, 6.07) is 0. The molecule has 0 saturated carbocycles. The summed E-state index contributed by atoms with van der Waals surface area (Å²) in [5.41, 5.74) is 2.30. The van der Waals surface area contributed by atoms with E-state index in [9.17, 15) is 5.11 Å². The van der Waals surface area contributed by atoms with Gasteiger partial charge in [-0.25, -0.2) is 0 Å². The van der Waals surface area contributed by atoms with Crippen molar-refractivity contribution in [2.24, 2.45) is 7.05 Å². The smallest absolute Gasteiger partial charge is 0.0897 e. The molecule has 0 aliphatic carbocycles. The van der Waals surface area contributed by atoms with Crippen molar-refractivity contribution in [3.05, 3.63) is 17.5 Å². The minimum Gasteiger partial charge on any atom is -0.389 e. The van der Waals surface area contributed by atoms with Gasteiger partial charge in [0.1, 0.15) is 0 Å². The van der Waals surface area contributed by atoms with Crippen molar-refractivity contribution < 1.29 is 9.84 Å². The van der Waals surface area contributed by atoms with Gasteiger partial charge in [-0.2, -0.15) is 5.10 Å². The van der Waals surface area contributed by atoms with E-state index in [1.807, 2.05) is 24.9 Å². The molecule has 1 aromatic rings. The van der Waals surface area contributed by atoms with E-state index in [-0.39, 0.29) is 0 Å². The van der Waals surface area contributed by atoms with E-state index in [4.69, 9.17) is 4.74 Å². The average molecular weight is 213 g/mol. The molecule has 1 aromatic heterocycles. The number of ether oxygens (including phenoxy) is 1. The van der Waals surface area contributed by atoms with Crippen molar-refractivity contribution in [1.29, 1.82) is 0 Å². The van der Waals surface area contributed by atoms with Gasteiger partial charge >= 0.3 is 0 Å². The van der Waals surface area contributed by atoms with E-state index in [0.717, 1.165) is 17.8 Å². The zero-order valence-corrected chi connectivity index (χ0v) is 9.53. The van der Waals surface area contributed by atoms with E-state index in [1.54, 1.807) is 7.11 Å². The monoisotopic (exact) mass is 213 g/mol. The van der Waals surface area contributed by atoms with E-state index >= 15 is 0 Å². The highest BCUT2D eigenvalue weighted by atomic mass is 16.5. The van der Waals surface area contributed by atoms with Crippen molar-refractivity contribution in [3.8, 4) is 0 Å². The van der Waals surface area contributed by atoms with Gasteiger partial charge in [0, 0.05) is 38.5 Å². The predicted molar refractivity (Wildman–Crippen MR) is 57.5 cm³/mol. The Labute approximate surface area is 90.1 Å². The molecule has 1 rings (SSSR count). The molecule has 1 atom stereocenters. The summed E-state index contributed by atoms with van der Waals surface area (Å²) in [5.74, 6) is 0. The number of hydrogen-bond donors (Lipinski definition) is 2. The largest absolute Gasteiger partial charge is 0.389 e. The molecule has 0 fully saturated rings. The Morgan fingerprint density at radius 3 is 2.93 bits per heavy atom. The maximum absolute atomic E-state index is 9.39. The van der Waals surface area contributed by atoms with Gasteiger partial charge < -0.3 is 15.2 Å². The second-order valence-corrected chi connectivity index (χ2v) is 3.62. The predicted octanol–water partition coefficient (Wildman–Crippen LogP) is -0.175. The summed E-state index contributed by atoms with van der Waals surface area (Å²) >= 11 is 0. The number of rotatable bonds is 6. The lowest BCUT2D eigenvalue weighted by Gasteiger charge is -2.10. The zero-order chi connectivity index (χ0) is 11.3. The van der Waals surface area contributed by atoms with Gasteiger partial charge in [0.2, 0.25) is 0 Å². The lowest BCUT2D eigenvalue weighted by molar-refractivity contribution is 0.0644. The fourth-order valence-corrected chi connectivity index (χ4v) is 1.34. The lowest BCUT2D eigenvalue weighted by Crippen LogP contribution is -2.29. The number of aliphatic hydroxyl groups is 1. The van der Waals surface area contributed by atoms with Crippen LogP contribution in [0.15, 0.2) is 6.20 Å². The fraction of sp³-hybridized carbons (Fsp3) is 0.700. The highest BCUT2D eigenvalue weighted by Crippen LogP contribution is 2.04. The third-order valence-electron chi connectivity index (χ3n) is 2.39. The van der Waals surface area contributed by atoms with E-state index in [0.29, 0.717) is 13.2 Å². The van der Waals surface area contributed by atoms with Crippen molar-refractivity contribution in [1.82, 2.24) is 15.1 Å². The Hall–Kier alpha value is -0.910. The molecule has 15 heavy (non-hydrogen) atoms. The highest BCUT2D eigenvalue weighted by Gasteiger charge is 2.05. The fourth-order valence-electron chi connectivity index (χ4n) is 1.34. The summed E-state index contributed by atoms with van der Waals surface area (Å²) in [4.78, 5) is 0. The van der Waals surface area contributed by atoms with Crippen LogP contribution in [-0.4, -0.2) is 41.3 Å². The summed E-state index contributed by atoms with van der Waals surface area (Å²) in [6.07, 6.45) is 1.39. The Morgan fingerprint density at radius 2 is 2.40 bits per heavy atom. The van der Waals surface area contributed by atoms with Crippen LogP contribution in [0.25, 0.3) is 0 Å². The molecule has 5 nitrogen and oxygen atoms in total. The van der Waals surface area contributed by atoms with E-state index in [1.165, 1.54) is 0 Å². The van der Waals surface area contributed by atoms with Crippen LogP contribution in [0, 0.1) is 6.92 Å². The molecule has 0 aliphatic heterocycles. The Balaban J connectivity index is 2.29. The van der Waals surface area contributed by atoms with Crippen LogP contribution in [0.5, 0.6) is 0 Å². The average Bonchev–Trinajstić information content (AvgIpc) is 2.50. The minimum atomic E-state index is -0.452. The van der Waals surface area contributed by atoms with Gasteiger partial charge in [0.25, 0.3) is 0 Å². The standard InChI is InChI=1S/C10H19N3O2/c1-8-9(5-12-13(8)2)4-11-6-10(14)7-15-3/h5,10-11,14H,4,6-7H2,1-3H3. The molecule has 0 spiro atoms. The van der Waals surface area contributed by atoms with Crippen molar-refractivity contribution >= 4 is 0 Å². The SMILES string of the molecule is COCC(O)CNCc1cnn(C)c1C. The summed E-state index contributed by atoms with van der Waals surface area (Å²) in [6.45, 7) is 3.64. The molecule has 5 heteroatoms. The molecule has 1 unspecified atom stereocenters. The van der Waals surface area contributed by atoms with Crippen molar-refractivity contribution in [2.45, 2.75) is 19.6 Å². The van der Waals surface area contributed by atoms with E-state index in [2.05, 4.69) is 10.4 Å². The first-order chi connectivity index (χ1) is 7.15. The zero-order valence-electron chi connectivity index (χ0n) is 9.53. The lowest BCUT2D eigenvalue weighted by atomic mass is 10.2.